The lowest BCUT2D eigenvalue weighted by atomic mass is 9.93. The number of carbonyl (C=O) groups is 2. The molecular formula is C23H19NO2. The molecule has 1 N–H and O–H groups in total. The summed E-state index contributed by atoms with van der Waals surface area (Å²) in [7, 11) is 0. The first-order chi connectivity index (χ1) is 12.5. The maximum Gasteiger partial charge on any atom is 0.172 e. The number of rotatable bonds is 3. The number of nitrogens with one attached hydrogen (secondary N) is 1. The number of Topliss-reactive ketones (excluding diaryl/α,β-unsaturated/α-hetero) is 2. The first-order valence-electron chi connectivity index (χ1n) is 8.62. The van der Waals surface area contributed by atoms with E-state index in [2.05, 4.69) is 11.6 Å². The van der Waals surface area contributed by atoms with Gasteiger partial charge in [0.15, 0.2) is 11.6 Å². The highest BCUT2D eigenvalue weighted by Gasteiger charge is 2.34. The standard InChI is InChI=1S/C23H19NO2/c1-13(2)15-8-10-16(11-9-15)22-19(25)12-20(26)23(22)21-14(3)24-18-7-5-4-6-17(18)21/h4-11,24H,1,12H2,2-3H3. The number of fused-ring (bicyclic) bond motifs is 1. The lowest BCUT2D eigenvalue weighted by molar-refractivity contribution is -0.119. The van der Waals surface area contributed by atoms with Gasteiger partial charge >= 0.3 is 0 Å². The van der Waals surface area contributed by atoms with E-state index >= 15 is 0 Å². The number of carbonyl (C=O) groups excluding carboxylic acids is 2. The third kappa shape index (κ3) is 2.44. The van der Waals surface area contributed by atoms with Gasteiger partial charge in [-0.3, -0.25) is 9.59 Å². The van der Waals surface area contributed by atoms with Gasteiger partial charge in [-0.2, -0.15) is 0 Å². The summed E-state index contributed by atoms with van der Waals surface area (Å²) in [5, 5.41) is 0.971. The first-order valence-corrected chi connectivity index (χ1v) is 8.62. The molecule has 0 bridgehead atoms. The Morgan fingerprint density at radius 2 is 1.62 bits per heavy atom. The number of ketones is 2. The van der Waals surface area contributed by atoms with Gasteiger partial charge in [0.25, 0.3) is 0 Å². The Morgan fingerprint density at radius 3 is 2.31 bits per heavy atom. The molecule has 0 saturated heterocycles. The van der Waals surface area contributed by atoms with Gasteiger partial charge in [-0.15, -0.1) is 0 Å². The molecule has 0 spiro atoms. The summed E-state index contributed by atoms with van der Waals surface area (Å²) < 4.78 is 0. The summed E-state index contributed by atoms with van der Waals surface area (Å²) >= 11 is 0. The molecule has 128 valence electrons. The van der Waals surface area contributed by atoms with E-state index in [0.29, 0.717) is 11.1 Å². The van der Waals surface area contributed by atoms with Crippen LogP contribution in [0.1, 0.15) is 35.7 Å². The maximum atomic E-state index is 12.7. The summed E-state index contributed by atoms with van der Waals surface area (Å²) in [6.45, 7) is 7.83. The molecule has 0 aliphatic heterocycles. The molecule has 0 unspecified atom stereocenters. The Kier molecular flexibility index (Phi) is 3.73. The minimum Gasteiger partial charge on any atom is -0.358 e. The fourth-order valence-corrected chi connectivity index (χ4v) is 3.69. The van der Waals surface area contributed by atoms with Gasteiger partial charge in [0.2, 0.25) is 0 Å². The average molecular weight is 341 g/mol. The molecule has 1 aliphatic carbocycles. The van der Waals surface area contributed by atoms with Crippen molar-refractivity contribution in [3.63, 3.8) is 0 Å². The Balaban J connectivity index is 1.98. The minimum absolute atomic E-state index is 0.0636. The molecule has 4 rings (SSSR count). The Labute approximate surface area is 152 Å². The number of hydrogen-bond donors (Lipinski definition) is 1. The summed E-state index contributed by atoms with van der Waals surface area (Å²) in [5.41, 5.74) is 6.55. The van der Waals surface area contributed by atoms with Crippen molar-refractivity contribution in [3.05, 3.63) is 77.5 Å². The largest absolute Gasteiger partial charge is 0.358 e. The van der Waals surface area contributed by atoms with E-state index in [1.807, 2.05) is 62.4 Å². The molecule has 1 aliphatic rings. The molecule has 3 heteroatoms. The number of allylic oxidation sites excluding steroid dienone is 3. The van der Waals surface area contributed by atoms with Crippen LogP contribution in [-0.2, 0) is 9.59 Å². The van der Waals surface area contributed by atoms with E-state index in [4.69, 9.17) is 0 Å². The predicted octanol–water partition coefficient (Wildman–Crippen LogP) is 4.96. The van der Waals surface area contributed by atoms with E-state index in [9.17, 15) is 9.59 Å². The molecule has 0 radical (unpaired) electrons. The van der Waals surface area contributed by atoms with Gasteiger partial charge in [0.05, 0.1) is 6.42 Å². The number of aromatic amines is 1. The van der Waals surface area contributed by atoms with Crippen molar-refractivity contribution in [1.29, 1.82) is 0 Å². The molecule has 2 aromatic carbocycles. The van der Waals surface area contributed by atoms with E-state index < -0.39 is 0 Å². The highest BCUT2D eigenvalue weighted by molar-refractivity contribution is 6.51. The Bertz CT molecular complexity index is 1110. The van der Waals surface area contributed by atoms with Crippen molar-refractivity contribution in [2.24, 2.45) is 0 Å². The van der Waals surface area contributed by atoms with Gasteiger partial charge in [-0.05, 0) is 31.0 Å². The van der Waals surface area contributed by atoms with Crippen molar-refractivity contribution < 1.29 is 9.59 Å². The third-order valence-corrected chi connectivity index (χ3v) is 4.94. The predicted molar refractivity (Wildman–Crippen MR) is 106 cm³/mol. The zero-order chi connectivity index (χ0) is 18.4. The molecular weight excluding hydrogens is 322 g/mol. The van der Waals surface area contributed by atoms with E-state index in [0.717, 1.165) is 38.9 Å². The molecule has 1 aromatic heterocycles. The second kappa shape index (κ2) is 5.95. The zero-order valence-corrected chi connectivity index (χ0v) is 14.8. The van der Waals surface area contributed by atoms with Crippen LogP contribution in [0.3, 0.4) is 0 Å². The van der Waals surface area contributed by atoms with Gasteiger partial charge < -0.3 is 4.98 Å². The topological polar surface area (TPSA) is 49.9 Å². The van der Waals surface area contributed by atoms with E-state index in [1.165, 1.54) is 0 Å². The second-order valence-corrected chi connectivity index (χ2v) is 6.80. The normalized spacial score (nSPS) is 14.5. The quantitative estimate of drug-likeness (QED) is 0.684. The highest BCUT2D eigenvalue weighted by Crippen LogP contribution is 2.40. The van der Waals surface area contributed by atoms with Crippen LogP contribution >= 0.6 is 0 Å². The van der Waals surface area contributed by atoms with Crippen LogP contribution in [0.15, 0.2) is 55.1 Å². The van der Waals surface area contributed by atoms with Crippen LogP contribution in [-0.4, -0.2) is 16.6 Å². The smallest absolute Gasteiger partial charge is 0.172 e. The van der Waals surface area contributed by atoms with E-state index in [-0.39, 0.29) is 18.0 Å². The monoisotopic (exact) mass is 341 g/mol. The van der Waals surface area contributed by atoms with Crippen LogP contribution in [0.25, 0.3) is 27.6 Å². The van der Waals surface area contributed by atoms with Crippen molar-refractivity contribution in [3.8, 4) is 0 Å². The van der Waals surface area contributed by atoms with Gasteiger partial charge in [-0.1, -0.05) is 54.6 Å². The number of H-pyrrole nitrogens is 1. The van der Waals surface area contributed by atoms with Crippen LogP contribution in [0.2, 0.25) is 0 Å². The SMILES string of the molecule is C=C(C)c1ccc(C2=C(c3c(C)[nH]c4ccccc34)C(=O)CC2=O)cc1. The van der Waals surface area contributed by atoms with E-state index in [1.54, 1.807) is 0 Å². The second-order valence-electron chi connectivity index (χ2n) is 6.80. The molecule has 1 heterocycles. The molecule has 0 saturated carbocycles. The maximum absolute atomic E-state index is 12.7. The summed E-state index contributed by atoms with van der Waals surface area (Å²) in [4.78, 5) is 28.7. The molecule has 0 atom stereocenters. The van der Waals surface area contributed by atoms with Crippen LogP contribution in [0, 0.1) is 6.92 Å². The number of hydrogen-bond acceptors (Lipinski definition) is 2. The van der Waals surface area contributed by atoms with Crippen molar-refractivity contribution >= 4 is 39.2 Å². The first kappa shape index (κ1) is 16.3. The van der Waals surface area contributed by atoms with Crippen molar-refractivity contribution in [2.75, 3.05) is 0 Å². The number of aromatic nitrogens is 1. The van der Waals surface area contributed by atoms with Crippen molar-refractivity contribution in [2.45, 2.75) is 20.3 Å². The third-order valence-electron chi connectivity index (χ3n) is 4.94. The van der Waals surface area contributed by atoms with Crippen LogP contribution in [0.5, 0.6) is 0 Å². The van der Waals surface area contributed by atoms with Gasteiger partial charge in [0.1, 0.15) is 0 Å². The molecule has 0 amide bonds. The number of para-hydroxylation sites is 1. The minimum atomic E-state index is -0.113. The van der Waals surface area contributed by atoms with Gasteiger partial charge in [-0.25, -0.2) is 0 Å². The Hall–Kier alpha value is -3.20. The molecule has 0 fully saturated rings. The molecule has 26 heavy (non-hydrogen) atoms. The van der Waals surface area contributed by atoms with Crippen LogP contribution in [0.4, 0.5) is 0 Å². The molecule has 3 aromatic rings. The fourth-order valence-electron chi connectivity index (χ4n) is 3.69. The van der Waals surface area contributed by atoms with Crippen LogP contribution < -0.4 is 0 Å². The zero-order valence-electron chi connectivity index (χ0n) is 14.8. The lowest BCUT2D eigenvalue weighted by Crippen LogP contribution is -1.97. The number of benzene rings is 2. The fraction of sp³-hybridized carbons (Fsp3) is 0.130. The van der Waals surface area contributed by atoms with Crippen molar-refractivity contribution in [1.82, 2.24) is 4.98 Å². The summed E-state index contributed by atoms with van der Waals surface area (Å²) in [5.74, 6) is -0.223. The Morgan fingerprint density at radius 1 is 0.962 bits per heavy atom. The number of aryl methyl sites for hydroxylation is 1. The lowest BCUT2D eigenvalue weighted by Gasteiger charge is -2.08. The molecule has 3 nitrogen and oxygen atoms in total. The highest BCUT2D eigenvalue weighted by atomic mass is 16.2. The van der Waals surface area contributed by atoms with Gasteiger partial charge in [0, 0.05) is 33.3 Å². The summed E-state index contributed by atoms with van der Waals surface area (Å²) in [6, 6.07) is 15.6. The average Bonchev–Trinajstić information content (AvgIpc) is 3.09. The summed E-state index contributed by atoms with van der Waals surface area (Å²) in [6.07, 6.45) is -0.0636.